The molecule has 1 fully saturated rings. The third-order valence-electron chi connectivity index (χ3n) is 4.18. The molecule has 24 heavy (non-hydrogen) atoms. The van der Waals surface area contributed by atoms with Gasteiger partial charge >= 0.3 is 5.97 Å². The first-order chi connectivity index (χ1) is 11.7. The van der Waals surface area contributed by atoms with Gasteiger partial charge in [0.2, 0.25) is 0 Å². The molecule has 3 heterocycles. The van der Waals surface area contributed by atoms with Crippen LogP contribution in [0.4, 0.5) is 5.82 Å². The van der Waals surface area contributed by atoms with Crippen molar-refractivity contribution in [3.05, 3.63) is 35.3 Å². The number of fused-ring (bicyclic) bond motifs is 1. The van der Waals surface area contributed by atoms with Gasteiger partial charge in [-0.2, -0.15) is 0 Å². The van der Waals surface area contributed by atoms with Crippen molar-refractivity contribution < 1.29 is 9.90 Å². The van der Waals surface area contributed by atoms with Crippen molar-refractivity contribution in [1.82, 2.24) is 15.0 Å². The standard InChI is InChI=1S/C17H16N4O2S/c22-17(23)11-4-5-12-13(10-11)20-15(21-7-2-1-3-8-21)14(19-12)16-18-6-9-24-16/h4-6,9-10H,1-3,7-8H2,(H,22,23). The first-order valence-corrected chi connectivity index (χ1v) is 8.80. The normalized spacial score (nSPS) is 14.9. The number of thiazole rings is 1. The van der Waals surface area contributed by atoms with E-state index in [9.17, 15) is 9.90 Å². The van der Waals surface area contributed by atoms with Crippen LogP contribution in [0.1, 0.15) is 29.6 Å². The molecule has 1 aliphatic rings. The quantitative estimate of drug-likeness (QED) is 0.787. The Morgan fingerprint density at radius 2 is 1.96 bits per heavy atom. The summed E-state index contributed by atoms with van der Waals surface area (Å²) in [4.78, 5) is 27.4. The summed E-state index contributed by atoms with van der Waals surface area (Å²) < 4.78 is 0. The molecule has 7 heteroatoms. The summed E-state index contributed by atoms with van der Waals surface area (Å²) in [6.07, 6.45) is 5.25. The number of hydrogen-bond acceptors (Lipinski definition) is 6. The van der Waals surface area contributed by atoms with E-state index < -0.39 is 5.97 Å². The molecule has 3 aromatic rings. The fourth-order valence-electron chi connectivity index (χ4n) is 2.99. The molecule has 1 aliphatic heterocycles. The summed E-state index contributed by atoms with van der Waals surface area (Å²) in [6.45, 7) is 1.88. The number of carbonyl (C=O) groups is 1. The maximum absolute atomic E-state index is 11.2. The average Bonchev–Trinajstić information content (AvgIpc) is 3.15. The second kappa shape index (κ2) is 6.16. The molecule has 0 saturated carbocycles. The summed E-state index contributed by atoms with van der Waals surface area (Å²) in [5, 5.41) is 12.0. The Balaban J connectivity index is 1.90. The number of carboxylic acids is 1. The third-order valence-corrected chi connectivity index (χ3v) is 4.96. The summed E-state index contributed by atoms with van der Waals surface area (Å²) in [7, 11) is 0. The summed E-state index contributed by atoms with van der Waals surface area (Å²) >= 11 is 1.54. The van der Waals surface area contributed by atoms with E-state index in [1.807, 2.05) is 5.38 Å². The lowest BCUT2D eigenvalue weighted by atomic mass is 10.1. The largest absolute Gasteiger partial charge is 0.478 e. The first kappa shape index (κ1) is 15.0. The number of piperidine rings is 1. The Kier molecular flexibility index (Phi) is 3.86. The van der Waals surface area contributed by atoms with Crippen LogP contribution in [-0.4, -0.2) is 39.1 Å². The zero-order valence-corrected chi connectivity index (χ0v) is 13.8. The van der Waals surface area contributed by atoms with Gasteiger partial charge in [-0.1, -0.05) is 0 Å². The topological polar surface area (TPSA) is 79.2 Å². The second-order valence-electron chi connectivity index (χ2n) is 5.79. The van der Waals surface area contributed by atoms with Gasteiger partial charge in [-0.25, -0.2) is 19.7 Å². The third kappa shape index (κ3) is 2.71. The van der Waals surface area contributed by atoms with Crippen LogP contribution in [0.5, 0.6) is 0 Å². The van der Waals surface area contributed by atoms with Gasteiger partial charge in [0.05, 0.1) is 16.6 Å². The highest BCUT2D eigenvalue weighted by molar-refractivity contribution is 7.13. The zero-order valence-electron chi connectivity index (χ0n) is 13.0. The second-order valence-corrected chi connectivity index (χ2v) is 6.68. The lowest BCUT2D eigenvalue weighted by Gasteiger charge is -2.28. The van der Waals surface area contributed by atoms with Gasteiger partial charge in [-0.05, 0) is 37.5 Å². The van der Waals surface area contributed by atoms with Gasteiger partial charge in [0.15, 0.2) is 5.82 Å². The van der Waals surface area contributed by atoms with Crippen LogP contribution >= 0.6 is 11.3 Å². The van der Waals surface area contributed by atoms with Crippen molar-refractivity contribution in [3.63, 3.8) is 0 Å². The number of rotatable bonds is 3. The first-order valence-electron chi connectivity index (χ1n) is 7.92. The van der Waals surface area contributed by atoms with E-state index in [0.29, 0.717) is 11.0 Å². The zero-order chi connectivity index (χ0) is 16.5. The summed E-state index contributed by atoms with van der Waals surface area (Å²) in [5.41, 5.74) is 2.30. The molecule has 1 aromatic carbocycles. The van der Waals surface area contributed by atoms with E-state index in [1.165, 1.54) is 17.8 Å². The minimum Gasteiger partial charge on any atom is -0.478 e. The van der Waals surface area contributed by atoms with Crippen LogP contribution in [-0.2, 0) is 0 Å². The number of aromatic nitrogens is 3. The van der Waals surface area contributed by atoms with Crippen LogP contribution in [0.25, 0.3) is 21.7 Å². The van der Waals surface area contributed by atoms with Gasteiger partial charge in [0.25, 0.3) is 0 Å². The van der Waals surface area contributed by atoms with Crippen LogP contribution in [0.15, 0.2) is 29.8 Å². The minimum atomic E-state index is -0.956. The Morgan fingerprint density at radius 1 is 1.12 bits per heavy atom. The summed E-state index contributed by atoms with van der Waals surface area (Å²) in [5.74, 6) is -0.151. The van der Waals surface area contributed by atoms with Crippen molar-refractivity contribution in [2.75, 3.05) is 18.0 Å². The minimum absolute atomic E-state index is 0.225. The van der Waals surface area contributed by atoms with Gasteiger partial charge in [-0.3, -0.25) is 0 Å². The predicted octanol–water partition coefficient (Wildman–Crippen LogP) is 3.44. The highest BCUT2D eigenvalue weighted by Crippen LogP contribution is 2.32. The van der Waals surface area contributed by atoms with E-state index in [1.54, 1.807) is 24.4 Å². The summed E-state index contributed by atoms with van der Waals surface area (Å²) in [6, 6.07) is 4.86. The van der Waals surface area contributed by atoms with E-state index in [0.717, 1.165) is 42.5 Å². The Morgan fingerprint density at radius 3 is 2.67 bits per heavy atom. The van der Waals surface area contributed by atoms with Gasteiger partial charge in [0.1, 0.15) is 10.7 Å². The molecule has 0 aliphatic carbocycles. The van der Waals surface area contributed by atoms with Crippen molar-refractivity contribution in [1.29, 1.82) is 0 Å². The van der Waals surface area contributed by atoms with Crippen LogP contribution in [0.2, 0.25) is 0 Å². The van der Waals surface area contributed by atoms with Crippen molar-refractivity contribution in [3.8, 4) is 10.7 Å². The van der Waals surface area contributed by atoms with Gasteiger partial charge in [0, 0.05) is 24.7 Å². The Bertz CT molecular complexity index is 889. The molecule has 1 saturated heterocycles. The fourth-order valence-corrected chi connectivity index (χ4v) is 3.61. The number of anilines is 1. The molecule has 0 bridgehead atoms. The molecule has 0 unspecified atom stereocenters. The highest BCUT2D eigenvalue weighted by atomic mass is 32.1. The maximum atomic E-state index is 11.2. The lowest BCUT2D eigenvalue weighted by Crippen LogP contribution is -2.31. The number of benzene rings is 1. The molecule has 0 radical (unpaired) electrons. The molecule has 122 valence electrons. The van der Waals surface area contributed by atoms with Gasteiger partial charge in [-0.15, -0.1) is 11.3 Å². The molecule has 0 atom stereocenters. The monoisotopic (exact) mass is 340 g/mol. The molecular weight excluding hydrogens is 324 g/mol. The molecule has 4 rings (SSSR count). The predicted molar refractivity (Wildman–Crippen MR) is 93.7 cm³/mol. The molecule has 2 aromatic heterocycles. The number of aromatic carboxylic acids is 1. The van der Waals surface area contributed by atoms with Crippen LogP contribution in [0, 0.1) is 0 Å². The van der Waals surface area contributed by atoms with Crippen LogP contribution < -0.4 is 4.90 Å². The SMILES string of the molecule is O=C(O)c1ccc2nc(-c3nccs3)c(N3CCCCC3)nc2c1. The molecule has 0 amide bonds. The molecule has 0 spiro atoms. The van der Waals surface area contributed by atoms with E-state index in [2.05, 4.69) is 9.88 Å². The maximum Gasteiger partial charge on any atom is 0.335 e. The van der Waals surface area contributed by atoms with Crippen molar-refractivity contribution >= 4 is 34.2 Å². The van der Waals surface area contributed by atoms with E-state index in [4.69, 9.17) is 9.97 Å². The van der Waals surface area contributed by atoms with E-state index in [-0.39, 0.29) is 5.56 Å². The van der Waals surface area contributed by atoms with E-state index >= 15 is 0 Å². The Hall–Kier alpha value is -2.54. The van der Waals surface area contributed by atoms with Gasteiger partial charge < -0.3 is 10.0 Å². The van der Waals surface area contributed by atoms with Crippen molar-refractivity contribution in [2.45, 2.75) is 19.3 Å². The number of hydrogen-bond donors (Lipinski definition) is 1. The number of nitrogens with zero attached hydrogens (tertiary/aromatic N) is 4. The Labute approximate surface area is 142 Å². The highest BCUT2D eigenvalue weighted by Gasteiger charge is 2.21. The number of carboxylic acid groups (broad SMARTS) is 1. The molecule has 6 nitrogen and oxygen atoms in total. The average molecular weight is 340 g/mol. The molecular formula is C17H16N4O2S. The fraction of sp³-hybridized carbons (Fsp3) is 0.294. The smallest absolute Gasteiger partial charge is 0.335 e. The molecule has 1 N–H and O–H groups in total. The van der Waals surface area contributed by atoms with Crippen molar-refractivity contribution in [2.24, 2.45) is 0 Å². The van der Waals surface area contributed by atoms with Crippen LogP contribution in [0.3, 0.4) is 0 Å². The lowest BCUT2D eigenvalue weighted by molar-refractivity contribution is 0.0697.